The Balaban J connectivity index is 1.70. The first-order chi connectivity index (χ1) is 14.7. The highest BCUT2D eigenvalue weighted by Crippen LogP contribution is 2.31. The zero-order valence-electron chi connectivity index (χ0n) is 16.8. The molecule has 0 aliphatic carbocycles. The minimum Gasteiger partial charge on any atom is -0.496 e. The molecule has 0 aliphatic rings. The van der Waals surface area contributed by atoms with Gasteiger partial charge in [-0.25, -0.2) is 10.4 Å². The van der Waals surface area contributed by atoms with Crippen LogP contribution in [0.3, 0.4) is 0 Å². The molecular weight excluding hydrogens is 374 g/mol. The number of methoxy groups -OCH3 is 1. The van der Waals surface area contributed by atoms with Gasteiger partial charge in [0.05, 0.1) is 30.1 Å². The summed E-state index contributed by atoms with van der Waals surface area (Å²) in [6, 6.07) is 24.8. The van der Waals surface area contributed by atoms with Crippen molar-refractivity contribution in [2.45, 2.75) is 6.92 Å². The molecular formula is C25H21N3O2. The van der Waals surface area contributed by atoms with Crippen LogP contribution in [0.2, 0.25) is 0 Å². The Morgan fingerprint density at radius 2 is 1.73 bits per heavy atom. The third kappa shape index (κ3) is 4.05. The van der Waals surface area contributed by atoms with E-state index in [4.69, 9.17) is 9.72 Å². The number of rotatable bonds is 5. The molecule has 1 aromatic heterocycles. The predicted octanol–water partition coefficient (Wildman–Crippen LogP) is 4.98. The number of pyridine rings is 1. The van der Waals surface area contributed by atoms with E-state index in [2.05, 4.69) is 10.5 Å². The summed E-state index contributed by atoms with van der Waals surface area (Å²) in [4.78, 5) is 17.7. The van der Waals surface area contributed by atoms with E-state index < -0.39 is 0 Å². The van der Waals surface area contributed by atoms with Crippen molar-refractivity contribution in [2.75, 3.05) is 7.11 Å². The molecule has 30 heavy (non-hydrogen) atoms. The van der Waals surface area contributed by atoms with Gasteiger partial charge in [0.2, 0.25) is 0 Å². The molecule has 3 aromatic carbocycles. The van der Waals surface area contributed by atoms with Gasteiger partial charge >= 0.3 is 0 Å². The molecule has 4 aromatic rings. The van der Waals surface area contributed by atoms with Crippen LogP contribution >= 0.6 is 0 Å². The van der Waals surface area contributed by atoms with Crippen LogP contribution in [0.5, 0.6) is 5.75 Å². The number of nitrogens with one attached hydrogen (secondary N) is 1. The highest BCUT2D eigenvalue weighted by Gasteiger charge is 2.15. The summed E-state index contributed by atoms with van der Waals surface area (Å²) in [6.07, 6.45) is 1.63. The molecule has 4 rings (SSSR count). The largest absolute Gasteiger partial charge is 0.496 e. The molecule has 5 heteroatoms. The van der Waals surface area contributed by atoms with Gasteiger partial charge in [-0.2, -0.15) is 5.10 Å². The van der Waals surface area contributed by atoms with Gasteiger partial charge in [0.15, 0.2) is 0 Å². The van der Waals surface area contributed by atoms with Crippen LogP contribution in [-0.4, -0.2) is 24.2 Å². The number of nitrogens with zero attached hydrogens (tertiary/aromatic N) is 2. The number of aryl methyl sites for hydroxylation is 1. The van der Waals surface area contributed by atoms with Crippen LogP contribution in [0.25, 0.3) is 22.2 Å². The van der Waals surface area contributed by atoms with Gasteiger partial charge in [-0.05, 0) is 36.8 Å². The van der Waals surface area contributed by atoms with E-state index in [9.17, 15) is 4.79 Å². The number of carbonyl (C=O) groups is 1. The van der Waals surface area contributed by atoms with Crippen LogP contribution in [0.4, 0.5) is 0 Å². The first kappa shape index (κ1) is 19.3. The highest BCUT2D eigenvalue weighted by atomic mass is 16.5. The molecule has 0 radical (unpaired) electrons. The molecule has 0 unspecified atom stereocenters. The SMILES string of the molecule is COc1ccccc1-c1cc(C(=O)N/N=C/c2ccc(C)cc2)c2ccccc2n1. The molecule has 148 valence electrons. The first-order valence-electron chi connectivity index (χ1n) is 9.59. The van der Waals surface area contributed by atoms with Crippen molar-refractivity contribution in [2.24, 2.45) is 5.10 Å². The fraction of sp³-hybridized carbons (Fsp3) is 0.0800. The zero-order chi connectivity index (χ0) is 20.9. The Kier molecular flexibility index (Phi) is 5.52. The van der Waals surface area contributed by atoms with Crippen LogP contribution in [0.1, 0.15) is 21.5 Å². The van der Waals surface area contributed by atoms with E-state index in [0.717, 1.165) is 22.0 Å². The van der Waals surface area contributed by atoms with Crippen molar-refractivity contribution < 1.29 is 9.53 Å². The summed E-state index contributed by atoms with van der Waals surface area (Å²) in [6.45, 7) is 2.02. The fourth-order valence-corrected chi connectivity index (χ4v) is 3.24. The Hall–Kier alpha value is -3.99. The van der Waals surface area contributed by atoms with Crippen molar-refractivity contribution in [1.82, 2.24) is 10.4 Å². The van der Waals surface area contributed by atoms with Crippen molar-refractivity contribution >= 4 is 23.0 Å². The number of aromatic nitrogens is 1. The van der Waals surface area contributed by atoms with Gasteiger partial charge in [-0.1, -0.05) is 60.2 Å². The van der Waals surface area contributed by atoms with E-state index in [1.54, 1.807) is 19.4 Å². The van der Waals surface area contributed by atoms with Gasteiger partial charge < -0.3 is 4.74 Å². The van der Waals surface area contributed by atoms with E-state index >= 15 is 0 Å². The average Bonchev–Trinajstić information content (AvgIpc) is 2.79. The van der Waals surface area contributed by atoms with Gasteiger partial charge in [-0.15, -0.1) is 0 Å². The number of ether oxygens (including phenoxy) is 1. The lowest BCUT2D eigenvalue weighted by molar-refractivity contribution is 0.0956. The summed E-state index contributed by atoms with van der Waals surface area (Å²) in [7, 11) is 1.62. The third-order valence-electron chi connectivity index (χ3n) is 4.80. The number of benzene rings is 3. The van der Waals surface area contributed by atoms with E-state index in [1.807, 2.05) is 79.7 Å². The first-order valence-corrected chi connectivity index (χ1v) is 9.59. The quantitative estimate of drug-likeness (QED) is 0.383. The monoisotopic (exact) mass is 395 g/mol. The molecule has 1 amide bonds. The van der Waals surface area contributed by atoms with Crippen molar-refractivity contribution in [1.29, 1.82) is 0 Å². The van der Waals surface area contributed by atoms with Crippen LogP contribution in [-0.2, 0) is 0 Å². The topological polar surface area (TPSA) is 63.6 Å². The number of carbonyl (C=O) groups excluding carboxylic acids is 1. The lowest BCUT2D eigenvalue weighted by atomic mass is 10.0. The molecule has 1 heterocycles. The molecule has 0 saturated carbocycles. The van der Waals surface area contributed by atoms with E-state index in [-0.39, 0.29) is 5.91 Å². The Morgan fingerprint density at radius 1 is 1.00 bits per heavy atom. The minimum absolute atomic E-state index is 0.298. The van der Waals surface area contributed by atoms with Gasteiger partial charge in [-0.3, -0.25) is 4.79 Å². The molecule has 1 N–H and O–H groups in total. The summed E-state index contributed by atoms with van der Waals surface area (Å²) in [5.41, 5.74) is 7.44. The second-order valence-electron chi connectivity index (χ2n) is 6.88. The number of hydrogen-bond donors (Lipinski definition) is 1. The van der Waals surface area contributed by atoms with Crippen molar-refractivity contribution in [3.8, 4) is 17.0 Å². The van der Waals surface area contributed by atoms with Gasteiger partial charge in [0.1, 0.15) is 5.75 Å². The standard InChI is InChI=1S/C25H21N3O2/c1-17-11-13-18(14-12-17)16-26-28-25(29)21-15-23(20-8-4-6-10-24(20)30-2)27-22-9-5-3-7-19(21)22/h3-16H,1-2H3,(H,28,29)/b26-16+. The van der Waals surface area contributed by atoms with Crippen LogP contribution in [0, 0.1) is 6.92 Å². The minimum atomic E-state index is -0.298. The van der Waals surface area contributed by atoms with Gasteiger partial charge in [0, 0.05) is 10.9 Å². The second kappa shape index (κ2) is 8.57. The Bertz CT molecular complexity index is 1230. The molecule has 0 aliphatic heterocycles. The molecule has 0 saturated heterocycles. The molecule has 0 atom stereocenters. The number of amides is 1. The van der Waals surface area contributed by atoms with E-state index in [0.29, 0.717) is 17.0 Å². The zero-order valence-corrected chi connectivity index (χ0v) is 16.8. The Labute approximate surface area is 175 Å². The smallest absolute Gasteiger partial charge is 0.272 e. The molecule has 5 nitrogen and oxygen atoms in total. The lowest BCUT2D eigenvalue weighted by Gasteiger charge is -2.11. The molecule has 0 fully saturated rings. The predicted molar refractivity (Wildman–Crippen MR) is 120 cm³/mol. The third-order valence-corrected chi connectivity index (χ3v) is 4.80. The summed E-state index contributed by atoms with van der Waals surface area (Å²) < 4.78 is 5.47. The van der Waals surface area contributed by atoms with Crippen molar-refractivity contribution in [3.05, 3.63) is 95.6 Å². The Morgan fingerprint density at radius 3 is 2.53 bits per heavy atom. The highest BCUT2D eigenvalue weighted by molar-refractivity contribution is 6.07. The summed E-state index contributed by atoms with van der Waals surface area (Å²) in [5, 5.41) is 4.88. The second-order valence-corrected chi connectivity index (χ2v) is 6.88. The van der Waals surface area contributed by atoms with Crippen LogP contribution < -0.4 is 10.2 Å². The number of hydrogen-bond acceptors (Lipinski definition) is 4. The molecule has 0 bridgehead atoms. The maximum absolute atomic E-state index is 13.0. The number of hydrazone groups is 1. The number of para-hydroxylation sites is 2. The summed E-state index contributed by atoms with van der Waals surface area (Å²) in [5.74, 6) is 0.400. The maximum atomic E-state index is 13.0. The number of fused-ring (bicyclic) bond motifs is 1. The lowest BCUT2D eigenvalue weighted by Crippen LogP contribution is -2.18. The fourth-order valence-electron chi connectivity index (χ4n) is 3.24. The molecule has 0 spiro atoms. The van der Waals surface area contributed by atoms with Crippen LogP contribution in [0.15, 0.2) is 84.0 Å². The van der Waals surface area contributed by atoms with Crippen molar-refractivity contribution in [3.63, 3.8) is 0 Å². The normalized spacial score (nSPS) is 11.0. The average molecular weight is 395 g/mol. The summed E-state index contributed by atoms with van der Waals surface area (Å²) >= 11 is 0. The van der Waals surface area contributed by atoms with Gasteiger partial charge in [0.25, 0.3) is 5.91 Å². The maximum Gasteiger partial charge on any atom is 0.272 e. The van der Waals surface area contributed by atoms with E-state index in [1.165, 1.54) is 5.56 Å².